The smallest absolute Gasteiger partial charge is 0.313 e. The first-order chi connectivity index (χ1) is 9.38. The Bertz CT molecular complexity index is 652. The number of nitrogens with zero attached hydrogens (tertiary/aromatic N) is 2. The second kappa shape index (κ2) is 5.80. The van der Waals surface area contributed by atoms with Crippen LogP contribution in [0.4, 0.5) is 8.78 Å². The quantitative estimate of drug-likeness (QED) is 0.879. The Hall–Kier alpha value is -1.60. The van der Waals surface area contributed by atoms with E-state index in [1.807, 2.05) is 0 Å². The molecule has 0 saturated carbocycles. The maximum Gasteiger partial charge on any atom is 0.313 e. The first kappa shape index (κ1) is 14.8. The Morgan fingerprint density at radius 2 is 2.20 bits per heavy atom. The van der Waals surface area contributed by atoms with E-state index in [9.17, 15) is 13.6 Å². The van der Waals surface area contributed by atoms with E-state index in [1.54, 1.807) is 6.92 Å². The molecule has 106 valence electrons. The summed E-state index contributed by atoms with van der Waals surface area (Å²) in [6.07, 6.45) is 1.51. The number of aryl methyl sites for hydroxylation is 1. The first-order valence-electron chi connectivity index (χ1n) is 5.44. The van der Waals surface area contributed by atoms with Crippen LogP contribution in [0.5, 0.6) is 0 Å². The van der Waals surface area contributed by atoms with Crippen LogP contribution in [0, 0.1) is 18.6 Å². The van der Waals surface area contributed by atoms with Crippen molar-refractivity contribution < 1.29 is 18.7 Å². The maximum atomic E-state index is 13.9. The number of benzene rings is 1. The highest BCUT2D eigenvalue weighted by atomic mass is 35.5. The summed E-state index contributed by atoms with van der Waals surface area (Å²) in [5.74, 6) is -2.87. The highest BCUT2D eigenvalue weighted by Crippen LogP contribution is 2.29. The van der Waals surface area contributed by atoms with Gasteiger partial charge in [-0.3, -0.25) is 9.36 Å². The molecule has 0 atom stereocenters. The maximum absolute atomic E-state index is 13.9. The Kier molecular flexibility index (Phi) is 4.29. The van der Waals surface area contributed by atoms with E-state index in [4.69, 9.17) is 16.7 Å². The highest BCUT2D eigenvalue weighted by Gasteiger charge is 2.17. The molecule has 0 fully saturated rings. The molecule has 0 unspecified atom stereocenters. The van der Waals surface area contributed by atoms with Gasteiger partial charge in [0.15, 0.2) is 11.0 Å². The number of hydrogen-bond acceptors (Lipinski definition) is 3. The number of aromatic nitrogens is 2. The molecule has 1 heterocycles. The van der Waals surface area contributed by atoms with Crippen molar-refractivity contribution >= 4 is 29.3 Å². The van der Waals surface area contributed by atoms with Gasteiger partial charge in [0, 0.05) is 12.3 Å². The van der Waals surface area contributed by atoms with Gasteiger partial charge >= 0.3 is 5.97 Å². The normalized spacial score (nSPS) is 10.8. The summed E-state index contributed by atoms with van der Waals surface area (Å²) in [5, 5.41) is 8.84. The lowest BCUT2D eigenvalue weighted by Gasteiger charge is -2.10. The lowest BCUT2D eigenvalue weighted by Crippen LogP contribution is -2.03. The molecule has 8 heteroatoms. The number of imidazole rings is 1. The van der Waals surface area contributed by atoms with Crippen LogP contribution in [0.25, 0.3) is 5.69 Å². The third-order valence-electron chi connectivity index (χ3n) is 2.34. The van der Waals surface area contributed by atoms with Crippen molar-refractivity contribution in [1.82, 2.24) is 9.55 Å². The number of carboxylic acid groups (broad SMARTS) is 1. The second-order valence-electron chi connectivity index (χ2n) is 3.94. The number of aliphatic carboxylic acids is 1. The zero-order chi connectivity index (χ0) is 14.9. The average Bonchev–Trinajstić information content (AvgIpc) is 2.66. The van der Waals surface area contributed by atoms with Gasteiger partial charge in [-0.25, -0.2) is 13.8 Å². The van der Waals surface area contributed by atoms with Crippen LogP contribution in [-0.2, 0) is 4.79 Å². The summed E-state index contributed by atoms with van der Waals surface area (Å²) in [4.78, 5) is 14.7. The SMILES string of the molecule is Cc1cn(-c2c(F)cc(F)cc2Cl)c(SCC(=O)O)n1. The number of carbonyl (C=O) groups is 1. The summed E-state index contributed by atoms with van der Waals surface area (Å²) in [7, 11) is 0. The summed E-state index contributed by atoms with van der Waals surface area (Å²) >= 11 is 6.78. The molecule has 0 aliphatic carbocycles. The third-order valence-corrected chi connectivity index (χ3v) is 3.57. The van der Waals surface area contributed by atoms with Gasteiger partial charge in [-0.1, -0.05) is 23.4 Å². The van der Waals surface area contributed by atoms with Gasteiger partial charge in [0.1, 0.15) is 11.5 Å². The van der Waals surface area contributed by atoms with Crippen molar-refractivity contribution in [2.45, 2.75) is 12.1 Å². The van der Waals surface area contributed by atoms with Crippen molar-refractivity contribution in [3.63, 3.8) is 0 Å². The minimum absolute atomic E-state index is 0.0541. The molecule has 0 bridgehead atoms. The molecule has 1 aromatic heterocycles. The molecular weight excluding hydrogens is 310 g/mol. The topological polar surface area (TPSA) is 55.1 Å². The molecule has 0 amide bonds. The molecule has 0 spiro atoms. The monoisotopic (exact) mass is 318 g/mol. The van der Waals surface area contributed by atoms with Crippen molar-refractivity contribution in [3.8, 4) is 5.69 Å². The van der Waals surface area contributed by atoms with Gasteiger partial charge in [0.05, 0.1) is 16.5 Å². The minimum Gasteiger partial charge on any atom is -0.481 e. The van der Waals surface area contributed by atoms with Crippen LogP contribution in [0.1, 0.15) is 5.69 Å². The van der Waals surface area contributed by atoms with Gasteiger partial charge in [0.2, 0.25) is 0 Å². The minimum atomic E-state index is -1.02. The van der Waals surface area contributed by atoms with Gasteiger partial charge < -0.3 is 5.11 Å². The molecule has 4 nitrogen and oxygen atoms in total. The molecule has 20 heavy (non-hydrogen) atoms. The Morgan fingerprint density at radius 3 is 2.80 bits per heavy atom. The number of rotatable bonds is 4. The molecular formula is C12H9ClF2N2O2S. The summed E-state index contributed by atoms with van der Waals surface area (Å²) < 4.78 is 28.3. The van der Waals surface area contributed by atoms with Crippen molar-refractivity contribution in [1.29, 1.82) is 0 Å². The van der Waals surface area contributed by atoms with E-state index < -0.39 is 17.6 Å². The summed E-state index contributed by atoms with van der Waals surface area (Å²) in [6.45, 7) is 1.68. The van der Waals surface area contributed by atoms with Gasteiger partial charge in [-0.2, -0.15) is 0 Å². The summed E-state index contributed by atoms with van der Waals surface area (Å²) in [5.41, 5.74) is 0.513. The number of hydrogen-bond donors (Lipinski definition) is 1. The van der Waals surface area contributed by atoms with E-state index in [0.29, 0.717) is 11.8 Å². The molecule has 0 aliphatic rings. The van der Waals surface area contributed by atoms with E-state index in [1.165, 1.54) is 10.8 Å². The van der Waals surface area contributed by atoms with Crippen molar-refractivity contribution in [2.24, 2.45) is 0 Å². The van der Waals surface area contributed by atoms with Gasteiger partial charge in [0.25, 0.3) is 0 Å². The van der Waals surface area contributed by atoms with Crippen LogP contribution < -0.4 is 0 Å². The molecule has 0 radical (unpaired) electrons. The molecule has 1 N–H and O–H groups in total. The van der Waals surface area contributed by atoms with E-state index in [2.05, 4.69) is 4.98 Å². The number of carboxylic acids is 1. The fourth-order valence-corrected chi connectivity index (χ4v) is 2.66. The van der Waals surface area contributed by atoms with Gasteiger partial charge in [-0.15, -0.1) is 0 Å². The second-order valence-corrected chi connectivity index (χ2v) is 5.29. The largest absolute Gasteiger partial charge is 0.481 e. The highest BCUT2D eigenvalue weighted by molar-refractivity contribution is 7.99. The fourth-order valence-electron chi connectivity index (χ4n) is 1.63. The van der Waals surface area contributed by atoms with Crippen LogP contribution in [-0.4, -0.2) is 26.4 Å². The standard InChI is InChI=1S/C12H9ClF2N2O2S/c1-6-4-17(12(16-6)20-5-10(18)19)11-8(13)2-7(14)3-9(11)15/h2-4H,5H2,1H3,(H,18,19). The van der Waals surface area contributed by atoms with Crippen molar-refractivity contribution in [3.05, 3.63) is 40.7 Å². The fraction of sp³-hybridized carbons (Fsp3) is 0.167. The van der Waals surface area contributed by atoms with Crippen LogP contribution in [0.3, 0.4) is 0 Å². The van der Waals surface area contributed by atoms with Crippen LogP contribution >= 0.6 is 23.4 Å². The lowest BCUT2D eigenvalue weighted by atomic mass is 10.3. The molecule has 0 saturated heterocycles. The average molecular weight is 319 g/mol. The van der Waals surface area contributed by atoms with E-state index in [-0.39, 0.29) is 21.6 Å². The van der Waals surface area contributed by atoms with Gasteiger partial charge in [-0.05, 0) is 13.0 Å². The summed E-state index contributed by atoms with van der Waals surface area (Å²) in [6, 6.07) is 1.70. The number of thioether (sulfide) groups is 1. The predicted molar refractivity (Wildman–Crippen MR) is 71.6 cm³/mol. The third kappa shape index (κ3) is 3.10. The Morgan fingerprint density at radius 1 is 1.50 bits per heavy atom. The molecule has 0 aliphatic heterocycles. The van der Waals surface area contributed by atoms with Crippen molar-refractivity contribution in [2.75, 3.05) is 5.75 Å². The zero-order valence-corrected chi connectivity index (χ0v) is 11.8. The first-order valence-corrected chi connectivity index (χ1v) is 6.80. The number of halogens is 3. The lowest BCUT2D eigenvalue weighted by molar-refractivity contribution is -0.133. The van der Waals surface area contributed by atoms with E-state index in [0.717, 1.165) is 17.8 Å². The van der Waals surface area contributed by atoms with E-state index >= 15 is 0 Å². The van der Waals surface area contributed by atoms with Crippen LogP contribution in [0.2, 0.25) is 5.02 Å². The molecule has 2 aromatic rings. The zero-order valence-electron chi connectivity index (χ0n) is 10.2. The predicted octanol–water partition coefficient (Wildman–Crippen LogP) is 3.29. The molecule has 1 aromatic carbocycles. The Balaban J connectivity index is 2.50. The Labute approximate surface area is 122 Å². The molecule has 2 rings (SSSR count). The van der Waals surface area contributed by atoms with Crippen LogP contribution in [0.15, 0.2) is 23.5 Å².